The van der Waals surface area contributed by atoms with E-state index >= 15 is 0 Å². The van der Waals surface area contributed by atoms with E-state index < -0.39 is 5.60 Å². The van der Waals surface area contributed by atoms with Crippen molar-refractivity contribution < 1.29 is 9.90 Å². The van der Waals surface area contributed by atoms with E-state index in [1.165, 1.54) is 19.3 Å². The minimum atomic E-state index is -0.426. The SMILES string of the molecule is CCC(C)(C)C(=O)CC(C)(C)C12CC3CC(CC(O)(C3)C1)C2. The zero-order valence-electron chi connectivity index (χ0n) is 15.2. The summed E-state index contributed by atoms with van der Waals surface area (Å²) in [4.78, 5) is 12.8. The van der Waals surface area contributed by atoms with Crippen LogP contribution in [0.4, 0.5) is 0 Å². The topological polar surface area (TPSA) is 37.3 Å². The van der Waals surface area contributed by atoms with Crippen LogP contribution in [-0.2, 0) is 4.79 Å². The van der Waals surface area contributed by atoms with Gasteiger partial charge in [0.2, 0.25) is 0 Å². The molecule has 0 heterocycles. The Balaban J connectivity index is 1.84. The molecule has 0 amide bonds. The Morgan fingerprint density at radius 3 is 2.09 bits per heavy atom. The third-order valence-electron chi connectivity index (χ3n) is 7.71. The summed E-state index contributed by atoms with van der Waals surface area (Å²) in [5, 5.41) is 11.0. The van der Waals surface area contributed by atoms with Crippen LogP contribution in [0.1, 0.15) is 86.0 Å². The van der Waals surface area contributed by atoms with Crippen molar-refractivity contribution in [2.75, 3.05) is 0 Å². The quantitative estimate of drug-likeness (QED) is 0.796. The second-order valence-corrected chi connectivity index (χ2v) is 10.2. The molecule has 0 saturated heterocycles. The number of aliphatic hydroxyl groups is 1. The number of ketones is 1. The van der Waals surface area contributed by atoms with Crippen molar-refractivity contribution in [2.24, 2.45) is 28.1 Å². The molecule has 2 nitrogen and oxygen atoms in total. The molecular weight excluding hydrogens is 272 g/mol. The molecule has 0 aromatic rings. The van der Waals surface area contributed by atoms with Gasteiger partial charge in [-0.2, -0.15) is 0 Å². The first-order valence-corrected chi connectivity index (χ1v) is 9.27. The van der Waals surface area contributed by atoms with Gasteiger partial charge in [0.1, 0.15) is 5.78 Å². The van der Waals surface area contributed by atoms with Gasteiger partial charge in [-0.3, -0.25) is 4.79 Å². The van der Waals surface area contributed by atoms with Crippen molar-refractivity contribution >= 4 is 5.78 Å². The molecule has 2 heteroatoms. The fourth-order valence-electron chi connectivity index (χ4n) is 6.03. The van der Waals surface area contributed by atoms with Gasteiger partial charge in [0.25, 0.3) is 0 Å². The normalized spacial score (nSPS) is 41.0. The summed E-state index contributed by atoms with van der Waals surface area (Å²) >= 11 is 0. The molecule has 0 radical (unpaired) electrons. The van der Waals surface area contributed by atoms with Crippen molar-refractivity contribution in [1.82, 2.24) is 0 Å². The average Bonchev–Trinajstić information content (AvgIpc) is 2.34. The largest absolute Gasteiger partial charge is 0.390 e. The number of Topliss-reactive ketones (excluding diaryl/α,β-unsaturated/α-hetero) is 1. The highest BCUT2D eigenvalue weighted by Gasteiger charge is 2.62. The lowest BCUT2D eigenvalue weighted by molar-refractivity contribution is -0.201. The third-order valence-corrected chi connectivity index (χ3v) is 7.71. The monoisotopic (exact) mass is 306 g/mol. The smallest absolute Gasteiger partial charge is 0.139 e. The molecule has 4 aliphatic carbocycles. The van der Waals surface area contributed by atoms with Crippen LogP contribution in [0.2, 0.25) is 0 Å². The Morgan fingerprint density at radius 2 is 1.64 bits per heavy atom. The summed E-state index contributed by atoms with van der Waals surface area (Å²) in [6, 6.07) is 0. The van der Waals surface area contributed by atoms with Crippen LogP contribution < -0.4 is 0 Å². The van der Waals surface area contributed by atoms with Gasteiger partial charge in [0.05, 0.1) is 5.60 Å². The Morgan fingerprint density at radius 1 is 1.09 bits per heavy atom. The summed E-state index contributed by atoms with van der Waals surface area (Å²) in [6.07, 6.45) is 8.31. The molecule has 4 bridgehead atoms. The van der Waals surface area contributed by atoms with Crippen LogP contribution in [0.15, 0.2) is 0 Å². The molecule has 22 heavy (non-hydrogen) atoms. The summed E-state index contributed by atoms with van der Waals surface area (Å²) in [5.41, 5.74) is -0.450. The summed E-state index contributed by atoms with van der Waals surface area (Å²) in [6.45, 7) is 10.9. The van der Waals surface area contributed by atoms with E-state index in [1.54, 1.807) is 0 Å². The Bertz CT molecular complexity index is 460. The molecule has 4 saturated carbocycles. The molecule has 4 rings (SSSR count). The summed E-state index contributed by atoms with van der Waals surface area (Å²) < 4.78 is 0. The molecule has 126 valence electrons. The van der Waals surface area contributed by atoms with Gasteiger partial charge < -0.3 is 5.11 Å². The number of hydrogen-bond acceptors (Lipinski definition) is 2. The van der Waals surface area contributed by atoms with Crippen LogP contribution in [-0.4, -0.2) is 16.5 Å². The fraction of sp³-hybridized carbons (Fsp3) is 0.950. The maximum atomic E-state index is 12.8. The van der Waals surface area contributed by atoms with Crippen LogP contribution in [0.25, 0.3) is 0 Å². The second-order valence-electron chi connectivity index (χ2n) is 10.2. The second kappa shape index (κ2) is 4.82. The maximum absolute atomic E-state index is 12.8. The van der Waals surface area contributed by atoms with E-state index in [0.717, 1.165) is 25.7 Å². The van der Waals surface area contributed by atoms with Gasteiger partial charge in [-0.05, 0) is 67.6 Å². The Kier molecular flexibility index (Phi) is 3.61. The minimum Gasteiger partial charge on any atom is -0.390 e. The maximum Gasteiger partial charge on any atom is 0.139 e. The molecule has 2 atom stereocenters. The van der Waals surface area contributed by atoms with Crippen LogP contribution >= 0.6 is 0 Å². The summed E-state index contributed by atoms with van der Waals surface area (Å²) in [5.74, 6) is 1.79. The van der Waals surface area contributed by atoms with Crippen LogP contribution in [0, 0.1) is 28.1 Å². The zero-order valence-corrected chi connectivity index (χ0v) is 15.2. The highest BCUT2D eigenvalue weighted by Crippen LogP contribution is 2.68. The molecule has 0 aliphatic heterocycles. The Labute approximate surface area is 136 Å². The van der Waals surface area contributed by atoms with Gasteiger partial charge in [-0.15, -0.1) is 0 Å². The molecule has 2 unspecified atom stereocenters. The zero-order chi connectivity index (χ0) is 16.4. The number of hydrogen-bond donors (Lipinski definition) is 1. The first-order valence-electron chi connectivity index (χ1n) is 9.27. The number of carbonyl (C=O) groups is 1. The van der Waals surface area contributed by atoms with Crippen molar-refractivity contribution in [1.29, 1.82) is 0 Å². The Hall–Kier alpha value is -0.370. The van der Waals surface area contributed by atoms with E-state index in [2.05, 4.69) is 34.6 Å². The van der Waals surface area contributed by atoms with E-state index in [0.29, 0.717) is 24.0 Å². The van der Waals surface area contributed by atoms with Gasteiger partial charge in [0, 0.05) is 11.8 Å². The molecule has 0 aromatic carbocycles. The number of carbonyl (C=O) groups excluding carboxylic acids is 1. The highest BCUT2D eigenvalue weighted by molar-refractivity contribution is 5.84. The van der Waals surface area contributed by atoms with Gasteiger partial charge in [0.15, 0.2) is 0 Å². The highest BCUT2D eigenvalue weighted by atomic mass is 16.3. The predicted octanol–water partition coefficient (Wildman–Crippen LogP) is 4.74. The van der Waals surface area contributed by atoms with Crippen LogP contribution in [0.5, 0.6) is 0 Å². The van der Waals surface area contributed by atoms with Gasteiger partial charge >= 0.3 is 0 Å². The van der Waals surface area contributed by atoms with Crippen molar-refractivity contribution in [3.8, 4) is 0 Å². The van der Waals surface area contributed by atoms with E-state index in [9.17, 15) is 9.90 Å². The number of rotatable bonds is 5. The first-order chi connectivity index (χ1) is 10.0. The minimum absolute atomic E-state index is 0.00225. The lowest BCUT2D eigenvalue weighted by atomic mass is 9.41. The van der Waals surface area contributed by atoms with Crippen LogP contribution in [0.3, 0.4) is 0 Å². The van der Waals surface area contributed by atoms with E-state index in [-0.39, 0.29) is 16.2 Å². The molecular formula is C20H34O2. The molecule has 0 aromatic heterocycles. The standard InChI is InChI=1S/C20H34O2/c1-6-17(2,3)16(21)12-18(4,5)19-8-14-7-15(9-19)11-20(22,10-14)13-19/h14-15,22H,6-13H2,1-5H3. The fourth-order valence-corrected chi connectivity index (χ4v) is 6.03. The van der Waals surface area contributed by atoms with Gasteiger partial charge in [-0.1, -0.05) is 34.6 Å². The van der Waals surface area contributed by atoms with E-state index in [4.69, 9.17) is 0 Å². The van der Waals surface area contributed by atoms with Crippen molar-refractivity contribution in [2.45, 2.75) is 91.6 Å². The summed E-state index contributed by atoms with van der Waals surface area (Å²) in [7, 11) is 0. The van der Waals surface area contributed by atoms with Crippen molar-refractivity contribution in [3.05, 3.63) is 0 Å². The van der Waals surface area contributed by atoms with Gasteiger partial charge in [-0.25, -0.2) is 0 Å². The van der Waals surface area contributed by atoms with Crippen molar-refractivity contribution in [3.63, 3.8) is 0 Å². The predicted molar refractivity (Wildman–Crippen MR) is 89.5 cm³/mol. The molecule has 1 N–H and O–H groups in total. The molecule has 4 fully saturated rings. The molecule has 0 spiro atoms. The lowest BCUT2D eigenvalue weighted by Gasteiger charge is -2.65. The molecule has 4 aliphatic rings. The average molecular weight is 306 g/mol. The van der Waals surface area contributed by atoms with E-state index in [1.807, 2.05) is 0 Å². The third kappa shape index (κ3) is 2.46. The lowest BCUT2D eigenvalue weighted by Crippen LogP contribution is -2.60. The first kappa shape index (κ1) is 16.5.